The third-order valence-electron chi connectivity index (χ3n) is 3.66. The summed E-state index contributed by atoms with van der Waals surface area (Å²) in [6.45, 7) is 6.81. The average molecular weight is 258 g/mol. The summed E-state index contributed by atoms with van der Waals surface area (Å²) in [5.41, 5.74) is 0.490. The fraction of sp³-hybridized carbons (Fsp3) is 0.929. The molecule has 0 amide bonds. The van der Waals surface area contributed by atoms with E-state index < -0.39 is 0 Å². The lowest BCUT2D eigenvalue weighted by atomic mass is 9.72. The van der Waals surface area contributed by atoms with Gasteiger partial charge in [0.15, 0.2) is 0 Å². The Bertz CT molecular complexity index is 187. The fourth-order valence-corrected chi connectivity index (χ4v) is 3.25. The van der Waals surface area contributed by atoms with Crippen LogP contribution in [0, 0.1) is 5.41 Å². The van der Waals surface area contributed by atoms with Gasteiger partial charge in [0, 0.05) is 6.42 Å². The van der Waals surface area contributed by atoms with Gasteiger partial charge in [-0.3, -0.25) is 4.79 Å². The lowest BCUT2D eigenvalue weighted by Gasteiger charge is -2.33. The first-order chi connectivity index (χ1) is 8.14. The van der Waals surface area contributed by atoms with Crippen LogP contribution in [-0.4, -0.2) is 16.5 Å². The molecule has 0 bridgehead atoms. The molecule has 0 aliphatic heterocycles. The van der Waals surface area contributed by atoms with E-state index in [1.807, 2.05) is 0 Å². The summed E-state index contributed by atoms with van der Waals surface area (Å²) in [7, 11) is 0.534. The second-order valence-corrected chi connectivity index (χ2v) is 5.59. The normalized spacial score (nSPS) is 11.7. The van der Waals surface area contributed by atoms with Crippen LogP contribution in [0.5, 0.6) is 0 Å². The molecule has 0 spiro atoms. The van der Waals surface area contributed by atoms with Crippen molar-refractivity contribution >= 4 is 16.5 Å². The maximum absolute atomic E-state index is 11.2. The van der Waals surface area contributed by atoms with Crippen LogP contribution in [0.25, 0.3) is 0 Å². The van der Waals surface area contributed by atoms with Crippen molar-refractivity contribution in [3.05, 3.63) is 0 Å². The van der Waals surface area contributed by atoms with E-state index in [1.165, 1.54) is 44.9 Å². The predicted molar refractivity (Wildman–Crippen MR) is 77.0 cm³/mol. The molecule has 2 nitrogen and oxygen atoms in total. The lowest BCUT2D eigenvalue weighted by Crippen LogP contribution is -2.21. The van der Waals surface area contributed by atoms with Gasteiger partial charge in [0.1, 0.15) is 0 Å². The summed E-state index contributed by atoms with van der Waals surface area (Å²) in [5.74, 6) is -0.00457. The van der Waals surface area contributed by atoms with Crippen LogP contribution in [-0.2, 0) is 9.22 Å². The van der Waals surface area contributed by atoms with Gasteiger partial charge in [-0.2, -0.15) is 0 Å². The zero-order valence-corrected chi connectivity index (χ0v) is 14.2. The second kappa shape index (κ2) is 9.69. The minimum absolute atomic E-state index is 0.00457. The molecule has 102 valence electrons. The number of carbonyl (C=O) groups excluding carboxylic acids is 1. The van der Waals surface area contributed by atoms with E-state index >= 15 is 0 Å². The van der Waals surface area contributed by atoms with Crippen molar-refractivity contribution in [1.82, 2.24) is 0 Å². The molecule has 3 heteroatoms. The Labute approximate surface area is 110 Å². The first-order valence-electron chi connectivity index (χ1n) is 7.21. The van der Waals surface area contributed by atoms with Crippen LogP contribution in [0.15, 0.2) is 0 Å². The van der Waals surface area contributed by atoms with Crippen molar-refractivity contribution in [1.29, 1.82) is 0 Å². The first kappa shape index (κ1) is 16.7. The van der Waals surface area contributed by atoms with Gasteiger partial charge in [-0.05, 0) is 37.5 Å². The highest BCUT2D eigenvalue weighted by molar-refractivity contribution is 6.05. The van der Waals surface area contributed by atoms with Crippen molar-refractivity contribution in [2.24, 2.45) is 5.41 Å². The Morgan fingerprint density at radius 3 is 1.82 bits per heavy atom. The molecule has 0 aromatic heterocycles. The minimum Gasteiger partial charge on any atom is -0.529 e. The van der Waals surface area contributed by atoms with Crippen LogP contribution in [0.3, 0.4) is 0 Å². The predicted octanol–water partition coefficient (Wildman–Crippen LogP) is 3.37. The summed E-state index contributed by atoms with van der Waals surface area (Å²) in [6, 6.07) is 0. The molecule has 0 atom stereocenters. The molecule has 0 unspecified atom stereocenters. The van der Waals surface area contributed by atoms with Crippen LogP contribution in [0.2, 0.25) is 0 Å². The molecular formula is C14H30O2Si. The van der Waals surface area contributed by atoms with E-state index in [-0.39, 0.29) is 5.97 Å². The molecule has 0 radical (unpaired) electrons. The number of hydrogen-bond acceptors (Lipinski definition) is 2. The van der Waals surface area contributed by atoms with Gasteiger partial charge in [0.25, 0.3) is 5.97 Å². The molecule has 0 aliphatic carbocycles. The number of hydrogen-bond donors (Lipinski definition) is 0. The smallest absolute Gasteiger partial charge is 0.291 e. The van der Waals surface area contributed by atoms with Gasteiger partial charge in [-0.15, -0.1) is 0 Å². The molecule has 0 saturated carbocycles. The molecule has 0 saturated heterocycles. The van der Waals surface area contributed by atoms with Gasteiger partial charge in [-0.1, -0.05) is 40.0 Å². The van der Waals surface area contributed by atoms with E-state index in [1.54, 1.807) is 0 Å². The lowest BCUT2D eigenvalue weighted by molar-refractivity contribution is -0.134. The molecule has 0 aliphatic rings. The van der Waals surface area contributed by atoms with Crippen molar-refractivity contribution in [3.63, 3.8) is 0 Å². The molecule has 0 aromatic carbocycles. The van der Waals surface area contributed by atoms with E-state index in [4.69, 9.17) is 4.43 Å². The Kier molecular flexibility index (Phi) is 9.51. The third-order valence-corrected chi connectivity index (χ3v) is 4.11. The topological polar surface area (TPSA) is 26.3 Å². The molecule has 0 N–H and O–H groups in total. The van der Waals surface area contributed by atoms with Gasteiger partial charge < -0.3 is 4.43 Å². The third kappa shape index (κ3) is 6.87. The van der Waals surface area contributed by atoms with Crippen molar-refractivity contribution < 1.29 is 9.22 Å². The molecular weight excluding hydrogens is 228 g/mol. The Balaban J connectivity index is 4.27. The van der Waals surface area contributed by atoms with E-state index in [0.29, 0.717) is 22.3 Å². The van der Waals surface area contributed by atoms with Crippen LogP contribution < -0.4 is 0 Å². The van der Waals surface area contributed by atoms with E-state index in [9.17, 15) is 4.79 Å². The molecule has 0 rings (SSSR count). The SMILES string of the molecule is CCCC(CCC)(CCC)CCCC(=O)O[SiH3]. The number of rotatable bonds is 10. The first-order valence-corrected chi connectivity index (χ1v) is 8.02. The van der Waals surface area contributed by atoms with Crippen molar-refractivity contribution in [2.75, 3.05) is 0 Å². The highest BCUT2D eigenvalue weighted by Gasteiger charge is 2.26. The van der Waals surface area contributed by atoms with Gasteiger partial charge in [-0.25, -0.2) is 0 Å². The van der Waals surface area contributed by atoms with Gasteiger partial charge in [0.2, 0.25) is 10.5 Å². The standard InChI is InChI=1S/C14H30O2Si/c1-4-9-14(10-5-2,11-6-3)12-7-8-13(15)16-17/h4-12H2,1-3,17H3. The Morgan fingerprint density at radius 1 is 1.00 bits per heavy atom. The average Bonchev–Trinajstić information content (AvgIpc) is 2.30. The molecule has 0 aromatic rings. The fourth-order valence-electron chi connectivity index (χ4n) is 3.05. The molecule has 0 heterocycles. The van der Waals surface area contributed by atoms with Crippen LogP contribution in [0.4, 0.5) is 0 Å². The zero-order chi connectivity index (χ0) is 13.1. The second-order valence-electron chi connectivity index (χ2n) is 5.18. The van der Waals surface area contributed by atoms with Gasteiger partial charge in [0.05, 0.1) is 0 Å². The quantitative estimate of drug-likeness (QED) is 0.562. The Morgan fingerprint density at radius 2 is 1.47 bits per heavy atom. The summed E-state index contributed by atoms with van der Waals surface area (Å²) in [4.78, 5) is 11.2. The zero-order valence-electron chi connectivity index (χ0n) is 12.2. The van der Waals surface area contributed by atoms with Crippen molar-refractivity contribution in [2.45, 2.75) is 78.6 Å². The maximum atomic E-state index is 11.2. The highest BCUT2D eigenvalue weighted by Crippen LogP contribution is 2.39. The van der Waals surface area contributed by atoms with Gasteiger partial charge >= 0.3 is 0 Å². The maximum Gasteiger partial charge on any atom is 0.291 e. The summed E-state index contributed by atoms with van der Waals surface area (Å²) >= 11 is 0. The number of carbonyl (C=O) groups is 1. The summed E-state index contributed by atoms with van der Waals surface area (Å²) < 4.78 is 4.84. The monoisotopic (exact) mass is 258 g/mol. The Hall–Kier alpha value is -0.313. The minimum atomic E-state index is -0.00457. The molecule has 0 fully saturated rings. The highest BCUT2D eigenvalue weighted by atomic mass is 28.2. The summed E-state index contributed by atoms with van der Waals surface area (Å²) in [6.07, 6.45) is 10.5. The summed E-state index contributed by atoms with van der Waals surface area (Å²) in [5, 5.41) is 0. The largest absolute Gasteiger partial charge is 0.529 e. The molecule has 17 heavy (non-hydrogen) atoms. The van der Waals surface area contributed by atoms with Crippen LogP contribution in [0.1, 0.15) is 78.6 Å². The van der Waals surface area contributed by atoms with Crippen LogP contribution >= 0.6 is 0 Å². The van der Waals surface area contributed by atoms with E-state index in [0.717, 1.165) is 6.42 Å². The van der Waals surface area contributed by atoms with Crippen molar-refractivity contribution in [3.8, 4) is 0 Å². The van der Waals surface area contributed by atoms with E-state index in [2.05, 4.69) is 20.8 Å².